The molecule has 7 rings (SSSR count). The van der Waals surface area contributed by atoms with E-state index in [2.05, 4.69) is 32.7 Å². The van der Waals surface area contributed by atoms with Crippen molar-refractivity contribution in [1.82, 2.24) is 19.4 Å². The zero-order valence-electron chi connectivity index (χ0n) is 23.7. The van der Waals surface area contributed by atoms with E-state index in [-0.39, 0.29) is 6.61 Å². The van der Waals surface area contributed by atoms with E-state index in [9.17, 15) is 4.79 Å². The van der Waals surface area contributed by atoms with Crippen LogP contribution < -0.4 is 15.5 Å². The van der Waals surface area contributed by atoms with Crippen LogP contribution in [-0.4, -0.2) is 51.7 Å². The van der Waals surface area contributed by atoms with E-state index >= 15 is 0 Å². The zero-order chi connectivity index (χ0) is 29.7. The van der Waals surface area contributed by atoms with Gasteiger partial charge in [-0.25, -0.2) is 19.7 Å². The van der Waals surface area contributed by atoms with Crippen LogP contribution in [0.3, 0.4) is 0 Å². The maximum atomic E-state index is 12.5. The Labute approximate surface area is 258 Å². The predicted molar refractivity (Wildman–Crippen MR) is 173 cm³/mol. The van der Waals surface area contributed by atoms with Crippen molar-refractivity contribution < 1.29 is 14.3 Å². The van der Waals surface area contributed by atoms with Gasteiger partial charge < -0.3 is 19.7 Å². The van der Waals surface area contributed by atoms with Gasteiger partial charge in [0.25, 0.3) is 0 Å². The molecule has 1 aliphatic heterocycles. The first-order chi connectivity index (χ1) is 21.7. The number of benzene rings is 3. The van der Waals surface area contributed by atoms with E-state index in [1.807, 2.05) is 88.8 Å². The van der Waals surface area contributed by atoms with Gasteiger partial charge in [0.1, 0.15) is 12.3 Å². The third kappa shape index (κ3) is 6.10. The van der Waals surface area contributed by atoms with Gasteiger partial charge in [0.15, 0.2) is 4.96 Å². The average Bonchev–Trinajstić information content (AvgIpc) is 3.67. The second kappa shape index (κ2) is 12.5. The standard InChI is InChI=1S/C33H29N7O3S/c41-33(43-22-23-5-2-1-3-6-23)36-26-8-4-7-24(21-26)29-30(40-17-20-44-32(40)38-29)28-13-14-34-31(37-28)35-25-9-11-27(12-10-25)39-15-18-42-19-16-39/h1-14,17,20-21H,15-16,18-19,22H2,(H,36,41)(H,34,35,37). The molecule has 1 fully saturated rings. The molecule has 3 aromatic heterocycles. The van der Waals surface area contributed by atoms with Gasteiger partial charge >= 0.3 is 6.09 Å². The summed E-state index contributed by atoms with van der Waals surface area (Å²) in [6.45, 7) is 3.46. The highest BCUT2D eigenvalue weighted by Crippen LogP contribution is 2.35. The second-order valence-electron chi connectivity index (χ2n) is 10.2. The summed E-state index contributed by atoms with van der Waals surface area (Å²) in [7, 11) is 0. The number of anilines is 4. The van der Waals surface area contributed by atoms with Crippen LogP contribution in [0, 0.1) is 0 Å². The Morgan fingerprint density at radius 1 is 0.932 bits per heavy atom. The molecule has 1 aliphatic rings. The lowest BCUT2D eigenvalue weighted by Crippen LogP contribution is -2.36. The third-order valence-corrected chi connectivity index (χ3v) is 8.01. The summed E-state index contributed by atoms with van der Waals surface area (Å²) in [5, 5.41) is 8.16. The first-order valence-electron chi connectivity index (χ1n) is 14.3. The first-order valence-corrected chi connectivity index (χ1v) is 15.1. The van der Waals surface area contributed by atoms with Crippen molar-refractivity contribution in [1.29, 1.82) is 0 Å². The number of fused-ring (bicyclic) bond motifs is 1. The Morgan fingerprint density at radius 3 is 2.61 bits per heavy atom. The molecular formula is C33H29N7O3S. The summed E-state index contributed by atoms with van der Waals surface area (Å²) in [6.07, 6.45) is 3.19. The van der Waals surface area contributed by atoms with Gasteiger partial charge in [-0.3, -0.25) is 9.72 Å². The van der Waals surface area contributed by atoms with Crippen molar-refractivity contribution in [2.24, 2.45) is 0 Å². The fourth-order valence-corrected chi connectivity index (χ4v) is 5.82. The highest BCUT2D eigenvalue weighted by atomic mass is 32.1. The smallest absolute Gasteiger partial charge is 0.411 e. The number of ether oxygens (including phenoxy) is 2. The number of nitrogens with one attached hydrogen (secondary N) is 2. The maximum Gasteiger partial charge on any atom is 0.411 e. The van der Waals surface area contributed by atoms with Crippen molar-refractivity contribution in [3.63, 3.8) is 0 Å². The molecule has 6 aromatic rings. The molecule has 10 nitrogen and oxygen atoms in total. The van der Waals surface area contributed by atoms with Crippen molar-refractivity contribution >= 4 is 45.4 Å². The highest BCUT2D eigenvalue weighted by Gasteiger charge is 2.19. The molecule has 4 heterocycles. The Balaban J connectivity index is 1.12. The molecule has 1 saturated heterocycles. The number of carbonyl (C=O) groups is 1. The fourth-order valence-electron chi connectivity index (χ4n) is 5.11. The number of hydrogen-bond acceptors (Lipinski definition) is 9. The molecule has 44 heavy (non-hydrogen) atoms. The zero-order valence-corrected chi connectivity index (χ0v) is 24.5. The van der Waals surface area contributed by atoms with Crippen molar-refractivity contribution in [3.05, 3.63) is 108 Å². The molecule has 11 heteroatoms. The molecule has 0 aliphatic carbocycles. The summed E-state index contributed by atoms with van der Waals surface area (Å²) >= 11 is 1.54. The van der Waals surface area contributed by atoms with Crippen LogP contribution in [0.5, 0.6) is 0 Å². The fraction of sp³-hybridized carbons (Fsp3) is 0.152. The number of thiazole rings is 1. The number of aromatic nitrogens is 4. The van der Waals surface area contributed by atoms with E-state index < -0.39 is 6.09 Å². The molecule has 2 N–H and O–H groups in total. The minimum absolute atomic E-state index is 0.190. The maximum absolute atomic E-state index is 12.5. The number of hydrogen-bond donors (Lipinski definition) is 2. The van der Waals surface area contributed by atoms with Crippen LogP contribution in [-0.2, 0) is 16.1 Å². The third-order valence-electron chi connectivity index (χ3n) is 7.26. The molecule has 1 amide bonds. The number of rotatable bonds is 8. The molecule has 0 unspecified atom stereocenters. The molecule has 0 atom stereocenters. The van der Waals surface area contributed by atoms with E-state index in [4.69, 9.17) is 19.4 Å². The molecule has 0 spiro atoms. The van der Waals surface area contributed by atoms with Crippen LogP contribution in [0.4, 0.5) is 27.8 Å². The summed E-state index contributed by atoms with van der Waals surface area (Å²) in [4.78, 5) is 29.9. The molecule has 220 valence electrons. The summed E-state index contributed by atoms with van der Waals surface area (Å²) in [5.74, 6) is 0.481. The molecule has 3 aromatic carbocycles. The monoisotopic (exact) mass is 603 g/mol. The summed E-state index contributed by atoms with van der Waals surface area (Å²) in [5.41, 5.74) is 6.72. The van der Waals surface area contributed by atoms with Crippen LogP contribution in [0.1, 0.15) is 5.56 Å². The van der Waals surface area contributed by atoms with E-state index in [0.717, 1.165) is 59.5 Å². The van der Waals surface area contributed by atoms with Crippen LogP contribution in [0.2, 0.25) is 0 Å². The minimum atomic E-state index is -0.526. The number of morpholine rings is 1. The summed E-state index contributed by atoms with van der Waals surface area (Å²) < 4.78 is 12.9. The largest absolute Gasteiger partial charge is 0.444 e. The van der Waals surface area contributed by atoms with Crippen LogP contribution >= 0.6 is 11.3 Å². The van der Waals surface area contributed by atoms with Gasteiger partial charge in [0, 0.05) is 53.5 Å². The first kappa shape index (κ1) is 27.6. The van der Waals surface area contributed by atoms with Gasteiger partial charge in [-0.1, -0.05) is 42.5 Å². The van der Waals surface area contributed by atoms with Gasteiger partial charge in [0.05, 0.1) is 24.6 Å². The molecule has 0 radical (unpaired) electrons. The Kier molecular flexibility index (Phi) is 7.86. The number of amides is 1. The van der Waals surface area contributed by atoms with Gasteiger partial charge in [-0.2, -0.15) is 0 Å². The summed E-state index contributed by atoms with van der Waals surface area (Å²) in [6, 6.07) is 27.3. The van der Waals surface area contributed by atoms with Crippen molar-refractivity contribution in [3.8, 4) is 22.6 Å². The average molecular weight is 604 g/mol. The molecule has 0 saturated carbocycles. The molecule has 0 bridgehead atoms. The van der Waals surface area contributed by atoms with Gasteiger partial charge in [-0.15, -0.1) is 11.3 Å². The molecular weight excluding hydrogens is 574 g/mol. The quantitative estimate of drug-likeness (QED) is 0.195. The minimum Gasteiger partial charge on any atom is -0.444 e. The van der Waals surface area contributed by atoms with Crippen LogP contribution in [0.15, 0.2) is 103 Å². The Bertz CT molecular complexity index is 1880. The predicted octanol–water partition coefficient (Wildman–Crippen LogP) is 6.85. The lowest BCUT2D eigenvalue weighted by molar-refractivity contribution is 0.122. The Hall–Kier alpha value is -5.26. The number of imidazole rings is 1. The van der Waals surface area contributed by atoms with E-state index in [1.54, 1.807) is 17.5 Å². The topological polar surface area (TPSA) is 106 Å². The lowest BCUT2D eigenvalue weighted by Gasteiger charge is -2.28. The Morgan fingerprint density at radius 2 is 1.77 bits per heavy atom. The van der Waals surface area contributed by atoms with E-state index in [1.165, 1.54) is 5.69 Å². The van der Waals surface area contributed by atoms with Crippen molar-refractivity contribution in [2.45, 2.75) is 6.61 Å². The van der Waals surface area contributed by atoms with E-state index in [0.29, 0.717) is 17.3 Å². The van der Waals surface area contributed by atoms with Crippen LogP contribution in [0.25, 0.3) is 27.6 Å². The van der Waals surface area contributed by atoms with Gasteiger partial charge in [-0.05, 0) is 48.0 Å². The SMILES string of the molecule is O=C(Nc1cccc(-c2nc3sccn3c2-c2ccnc(Nc3ccc(N4CCOCC4)cc3)n2)c1)OCc1ccccc1. The van der Waals surface area contributed by atoms with Gasteiger partial charge in [0.2, 0.25) is 5.95 Å². The normalized spacial score (nSPS) is 13.1. The number of carbonyl (C=O) groups excluding carboxylic acids is 1. The lowest BCUT2D eigenvalue weighted by atomic mass is 10.1. The second-order valence-corrected chi connectivity index (χ2v) is 11.0. The van der Waals surface area contributed by atoms with Crippen molar-refractivity contribution in [2.75, 3.05) is 41.8 Å². The number of nitrogens with zero attached hydrogens (tertiary/aromatic N) is 5. The highest BCUT2D eigenvalue weighted by molar-refractivity contribution is 7.15.